The van der Waals surface area contributed by atoms with Crippen LogP contribution in [-0.4, -0.2) is 39.8 Å². The summed E-state index contributed by atoms with van der Waals surface area (Å²) in [5.74, 6) is 0.738. The normalized spacial score (nSPS) is 32.0. The molecule has 3 heterocycles. The molecule has 2 aliphatic heterocycles. The lowest BCUT2D eigenvalue weighted by atomic mass is 9.72. The fourth-order valence-electron chi connectivity index (χ4n) is 4.07. The lowest BCUT2D eigenvalue weighted by molar-refractivity contribution is -0.133. The second-order valence-corrected chi connectivity index (χ2v) is 6.24. The minimum Gasteiger partial charge on any atom is -0.396 e. The number of aliphatic hydroxyl groups is 1. The number of aromatic nitrogens is 1. The average molecular weight is 278 g/mol. The second kappa shape index (κ2) is 4.88. The maximum Gasteiger partial charge on any atom is 0.230 e. The number of nitrogens with zero attached hydrogens (tertiary/aromatic N) is 2. The van der Waals surface area contributed by atoms with Crippen LogP contribution >= 0.6 is 0 Å². The smallest absolute Gasteiger partial charge is 0.230 e. The van der Waals surface area contributed by atoms with Gasteiger partial charge in [-0.2, -0.15) is 0 Å². The van der Waals surface area contributed by atoms with Gasteiger partial charge in [-0.3, -0.25) is 4.79 Å². The summed E-state index contributed by atoms with van der Waals surface area (Å²) >= 11 is 0. The third-order valence-corrected chi connectivity index (χ3v) is 5.16. The molecule has 110 valence electrons. The van der Waals surface area contributed by atoms with Gasteiger partial charge in [0.05, 0.1) is 18.7 Å². The van der Waals surface area contributed by atoms with Gasteiger partial charge in [0.2, 0.25) is 5.91 Å². The van der Waals surface area contributed by atoms with Crippen LogP contribution in [0.25, 0.3) is 0 Å². The predicted molar refractivity (Wildman–Crippen MR) is 73.0 cm³/mol. The fourth-order valence-corrected chi connectivity index (χ4v) is 4.07. The van der Waals surface area contributed by atoms with E-state index in [-0.39, 0.29) is 30.4 Å². The maximum atomic E-state index is 12.6. The number of aliphatic hydroxyl groups excluding tert-OH is 1. The molecule has 3 rings (SSSR count). The van der Waals surface area contributed by atoms with Crippen molar-refractivity contribution in [3.05, 3.63) is 17.5 Å². The minimum absolute atomic E-state index is 0.0874. The van der Waals surface area contributed by atoms with E-state index in [1.165, 1.54) is 0 Å². The van der Waals surface area contributed by atoms with Crippen molar-refractivity contribution >= 4 is 5.91 Å². The van der Waals surface area contributed by atoms with Gasteiger partial charge in [0, 0.05) is 23.6 Å². The van der Waals surface area contributed by atoms with E-state index in [1.807, 2.05) is 17.9 Å². The Morgan fingerprint density at radius 1 is 1.60 bits per heavy atom. The third kappa shape index (κ3) is 1.95. The molecule has 1 N–H and O–H groups in total. The van der Waals surface area contributed by atoms with E-state index in [0.717, 1.165) is 31.4 Å². The minimum atomic E-state index is -0.0874. The molecule has 1 aromatic heterocycles. The summed E-state index contributed by atoms with van der Waals surface area (Å²) in [6, 6.07) is 2.30. The summed E-state index contributed by atoms with van der Waals surface area (Å²) in [6.07, 6.45) is 4.22. The SMILES string of the molecule is CC[C@]1(CO)C[C@H]2CC[C@@H]1N2C(=O)Cc1cc(C)no1. The Bertz CT molecular complexity index is 507. The van der Waals surface area contributed by atoms with Crippen molar-refractivity contribution in [3.8, 4) is 0 Å². The second-order valence-electron chi connectivity index (χ2n) is 6.24. The Hall–Kier alpha value is -1.36. The molecule has 1 amide bonds. The van der Waals surface area contributed by atoms with Gasteiger partial charge in [0.1, 0.15) is 5.76 Å². The van der Waals surface area contributed by atoms with Crippen LogP contribution in [0.3, 0.4) is 0 Å². The van der Waals surface area contributed by atoms with Crippen molar-refractivity contribution in [2.45, 2.75) is 58.0 Å². The highest BCUT2D eigenvalue weighted by Crippen LogP contribution is 2.51. The monoisotopic (exact) mass is 278 g/mol. The summed E-state index contributed by atoms with van der Waals surface area (Å²) in [7, 11) is 0. The van der Waals surface area contributed by atoms with Crippen LogP contribution in [0.2, 0.25) is 0 Å². The number of rotatable bonds is 4. The molecule has 0 spiro atoms. The Morgan fingerprint density at radius 3 is 2.95 bits per heavy atom. The Kier molecular flexibility index (Phi) is 3.32. The van der Waals surface area contributed by atoms with E-state index in [1.54, 1.807) is 0 Å². The van der Waals surface area contributed by atoms with Crippen LogP contribution in [0, 0.1) is 12.3 Å². The van der Waals surface area contributed by atoms with Crippen LogP contribution in [0.15, 0.2) is 10.6 Å². The molecule has 0 saturated carbocycles. The van der Waals surface area contributed by atoms with Crippen LogP contribution in [0.1, 0.15) is 44.1 Å². The van der Waals surface area contributed by atoms with E-state index < -0.39 is 0 Å². The first-order chi connectivity index (χ1) is 9.59. The van der Waals surface area contributed by atoms with Gasteiger partial charge in [-0.25, -0.2) is 0 Å². The molecule has 2 bridgehead atoms. The highest BCUT2D eigenvalue weighted by Gasteiger charge is 2.56. The molecular formula is C15H22N2O3. The van der Waals surface area contributed by atoms with Gasteiger partial charge < -0.3 is 14.5 Å². The molecule has 20 heavy (non-hydrogen) atoms. The quantitative estimate of drug-likeness (QED) is 0.910. The van der Waals surface area contributed by atoms with Crippen LogP contribution < -0.4 is 0 Å². The van der Waals surface area contributed by atoms with Gasteiger partial charge in [-0.1, -0.05) is 12.1 Å². The third-order valence-electron chi connectivity index (χ3n) is 5.16. The molecule has 2 fully saturated rings. The van der Waals surface area contributed by atoms with E-state index in [4.69, 9.17) is 4.52 Å². The lowest BCUT2D eigenvalue weighted by Crippen LogP contribution is -2.42. The van der Waals surface area contributed by atoms with Crippen molar-refractivity contribution in [2.75, 3.05) is 6.61 Å². The van der Waals surface area contributed by atoms with Crippen molar-refractivity contribution < 1.29 is 14.4 Å². The Labute approximate surface area is 118 Å². The predicted octanol–water partition coefficient (Wildman–Crippen LogP) is 1.68. The van der Waals surface area contributed by atoms with Gasteiger partial charge >= 0.3 is 0 Å². The molecule has 1 aromatic rings. The highest BCUT2D eigenvalue weighted by molar-refractivity contribution is 5.79. The topological polar surface area (TPSA) is 66.6 Å². The number of carbonyl (C=O) groups is 1. The number of hydrogen-bond donors (Lipinski definition) is 1. The Balaban J connectivity index is 1.76. The highest BCUT2D eigenvalue weighted by atomic mass is 16.5. The summed E-state index contributed by atoms with van der Waals surface area (Å²) in [4.78, 5) is 14.6. The number of fused-ring (bicyclic) bond motifs is 2. The molecule has 2 saturated heterocycles. The van der Waals surface area contributed by atoms with Crippen LogP contribution in [-0.2, 0) is 11.2 Å². The zero-order valence-corrected chi connectivity index (χ0v) is 12.1. The molecule has 5 heteroatoms. The maximum absolute atomic E-state index is 12.6. The largest absolute Gasteiger partial charge is 0.396 e. The van der Waals surface area contributed by atoms with Crippen molar-refractivity contribution in [1.82, 2.24) is 10.1 Å². The van der Waals surface area contributed by atoms with E-state index in [9.17, 15) is 9.90 Å². The van der Waals surface area contributed by atoms with Crippen molar-refractivity contribution in [1.29, 1.82) is 0 Å². The molecule has 5 nitrogen and oxygen atoms in total. The summed E-state index contributed by atoms with van der Waals surface area (Å²) in [6.45, 7) is 4.14. The summed E-state index contributed by atoms with van der Waals surface area (Å²) in [5.41, 5.74) is 0.714. The molecule has 0 aliphatic carbocycles. The number of amides is 1. The molecule has 0 unspecified atom stereocenters. The summed E-state index contributed by atoms with van der Waals surface area (Å²) in [5, 5.41) is 13.6. The molecule has 0 aromatic carbocycles. The van der Waals surface area contributed by atoms with E-state index in [2.05, 4.69) is 12.1 Å². The first kappa shape index (κ1) is 13.6. The van der Waals surface area contributed by atoms with E-state index in [0.29, 0.717) is 11.8 Å². The van der Waals surface area contributed by atoms with Gasteiger partial charge in [0.15, 0.2) is 0 Å². The number of carbonyl (C=O) groups excluding carboxylic acids is 1. The summed E-state index contributed by atoms with van der Waals surface area (Å²) < 4.78 is 5.14. The number of aryl methyl sites for hydroxylation is 1. The molecule has 3 atom stereocenters. The van der Waals surface area contributed by atoms with Crippen LogP contribution in [0.4, 0.5) is 0 Å². The van der Waals surface area contributed by atoms with Crippen molar-refractivity contribution in [3.63, 3.8) is 0 Å². The Morgan fingerprint density at radius 2 is 2.40 bits per heavy atom. The zero-order valence-electron chi connectivity index (χ0n) is 12.1. The zero-order chi connectivity index (χ0) is 14.3. The van der Waals surface area contributed by atoms with E-state index >= 15 is 0 Å². The standard InChI is InChI=1S/C15H22N2O3/c1-3-15(9-18)8-11-4-5-13(15)17(11)14(19)7-12-6-10(2)16-20-12/h6,11,13,18H,3-5,7-9H2,1-2H3/t11-,13+,15-/m1/s1. The average Bonchev–Trinajstić information content (AvgIpc) is 3.11. The number of hydrogen-bond acceptors (Lipinski definition) is 4. The molecular weight excluding hydrogens is 256 g/mol. The molecule has 2 aliphatic rings. The van der Waals surface area contributed by atoms with Gasteiger partial charge in [-0.15, -0.1) is 0 Å². The molecule has 0 radical (unpaired) electrons. The van der Waals surface area contributed by atoms with Crippen LogP contribution in [0.5, 0.6) is 0 Å². The van der Waals surface area contributed by atoms with Crippen molar-refractivity contribution in [2.24, 2.45) is 5.41 Å². The lowest BCUT2D eigenvalue weighted by Gasteiger charge is -2.34. The fraction of sp³-hybridized carbons (Fsp3) is 0.733. The first-order valence-corrected chi connectivity index (χ1v) is 7.44. The van der Waals surface area contributed by atoms with Gasteiger partial charge in [0.25, 0.3) is 0 Å². The first-order valence-electron chi connectivity index (χ1n) is 7.44. The van der Waals surface area contributed by atoms with Gasteiger partial charge in [-0.05, 0) is 32.6 Å².